The van der Waals surface area contributed by atoms with Crippen LogP contribution in [0.2, 0.25) is 5.02 Å². The van der Waals surface area contributed by atoms with Gasteiger partial charge < -0.3 is 15.2 Å². The second-order valence-corrected chi connectivity index (χ2v) is 9.74. The maximum absolute atomic E-state index is 13.2. The number of nitrogens with one attached hydrogen (secondary N) is 1. The molecule has 190 valence electrons. The molecule has 37 heavy (non-hydrogen) atoms. The molecular weight excluding hydrogens is 518 g/mol. The Kier molecular flexibility index (Phi) is 7.44. The van der Waals surface area contributed by atoms with Gasteiger partial charge in [-0.3, -0.25) is 9.35 Å². The van der Waals surface area contributed by atoms with Gasteiger partial charge in [0.1, 0.15) is 16.3 Å². The molecule has 9 nitrogen and oxygen atoms in total. The summed E-state index contributed by atoms with van der Waals surface area (Å²) < 4.78 is 38.1. The number of aryl methyl sites for hydroxylation is 1. The van der Waals surface area contributed by atoms with Crippen LogP contribution >= 0.6 is 11.6 Å². The van der Waals surface area contributed by atoms with Crippen molar-refractivity contribution in [1.29, 1.82) is 0 Å². The summed E-state index contributed by atoms with van der Waals surface area (Å²) in [7, 11) is -4.53. The minimum absolute atomic E-state index is 0.0325. The fourth-order valence-corrected chi connectivity index (χ4v) is 5.16. The van der Waals surface area contributed by atoms with Crippen LogP contribution in [0.15, 0.2) is 81.9 Å². The summed E-state index contributed by atoms with van der Waals surface area (Å²) in [6.45, 7) is 3.69. The van der Waals surface area contributed by atoms with Gasteiger partial charge in [-0.1, -0.05) is 48.0 Å². The van der Waals surface area contributed by atoms with Crippen LogP contribution in [0, 0.1) is 6.92 Å². The SMILES string of the molecule is CCOc1ccccc1NC(=O)c1cc2ccccc2c(N=Nc2cc(C)c(S(=O)(=O)O)c(Cl)c2)c1O. The molecule has 0 saturated carbocycles. The molecule has 0 aliphatic heterocycles. The monoisotopic (exact) mass is 539 g/mol. The minimum atomic E-state index is -4.53. The van der Waals surface area contributed by atoms with Crippen LogP contribution in [0.3, 0.4) is 0 Å². The van der Waals surface area contributed by atoms with E-state index in [1.807, 2.05) is 6.92 Å². The predicted octanol–water partition coefficient (Wildman–Crippen LogP) is 6.82. The van der Waals surface area contributed by atoms with Gasteiger partial charge in [-0.05, 0) is 55.1 Å². The van der Waals surface area contributed by atoms with Gasteiger partial charge in [0.25, 0.3) is 16.0 Å². The van der Waals surface area contributed by atoms with Crippen LogP contribution in [-0.2, 0) is 10.1 Å². The van der Waals surface area contributed by atoms with Crippen LogP contribution in [0.1, 0.15) is 22.8 Å². The first-order valence-corrected chi connectivity index (χ1v) is 12.9. The lowest BCUT2D eigenvalue weighted by Crippen LogP contribution is -2.13. The van der Waals surface area contributed by atoms with E-state index in [0.717, 1.165) is 0 Å². The van der Waals surface area contributed by atoms with E-state index in [1.165, 1.54) is 19.1 Å². The molecule has 4 aromatic rings. The number of carbonyl (C=O) groups is 1. The lowest BCUT2D eigenvalue weighted by molar-refractivity contribution is 0.102. The number of nitrogens with zero attached hydrogens (tertiary/aromatic N) is 2. The number of phenolic OH excluding ortho intramolecular Hbond substituents is 1. The van der Waals surface area contributed by atoms with E-state index in [4.69, 9.17) is 16.3 Å². The Balaban J connectivity index is 1.77. The Morgan fingerprint density at radius 3 is 2.46 bits per heavy atom. The average molecular weight is 540 g/mol. The summed E-state index contributed by atoms with van der Waals surface area (Å²) in [4.78, 5) is 12.8. The number of para-hydroxylation sites is 2. The number of benzene rings is 4. The molecule has 0 bridgehead atoms. The van der Waals surface area contributed by atoms with Gasteiger partial charge in [-0.15, -0.1) is 5.11 Å². The van der Waals surface area contributed by atoms with E-state index < -0.39 is 26.7 Å². The highest BCUT2D eigenvalue weighted by Crippen LogP contribution is 2.40. The normalized spacial score (nSPS) is 11.7. The summed E-state index contributed by atoms with van der Waals surface area (Å²) >= 11 is 6.05. The molecule has 0 aromatic heterocycles. The van der Waals surface area contributed by atoms with Crippen molar-refractivity contribution in [3.8, 4) is 11.5 Å². The first-order chi connectivity index (χ1) is 17.6. The van der Waals surface area contributed by atoms with E-state index >= 15 is 0 Å². The number of hydrogen-bond acceptors (Lipinski definition) is 7. The van der Waals surface area contributed by atoms with Crippen molar-refractivity contribution in [1.82, 2.24) is 0 Å². The molecule has 0 aliphatic carbocycles. The molecule has 0 atom stereocenters. The van der Waals surface area contributed by atoms with Gasteiger partial charge >= 0.3 is 0 Å². The summed E-state index contributed by atoms with van der Waals surface area (Å²) in [6.07, 6.45) is 0. The van der Waals surface area contributed by atoms with Crippen LogP contribution in [0.5, 0.6) is 11.5 Å². The van der Waals surface area contributed by atoms with Gasteiger partial charge in [0, 0.05) is 5.39 Å². The Hall–Kier alpha value is -3.99. The van der Waals surface area contributed by atoms with Gasteiger partial charge in [-0.25, -0.2) is 0 Å². The van der Waals surface area contributed by atoms with Crippen molar-refractivity contribution in [2.45, 2.75) is 18.7 Å². The van der Waals surface area contributed by atoms with Crippen molar-refractivity contribution >= 4 is 55.5 Å². The molecule has 0 unspecified atom stereocenters. The van der Waals surface area contributed by atoms with E-state index in [1.54, 1.807) is 54.6 Å². The lowest BCUT2D eigenvalue weighted by atomic mass is 10.0. The Morgan fingerprint density at radius 1 is 1.05 bits per heavy atom. The standard InChI is InChI=1S/C26H22ClN3O6S/c1-3-36-22-11-7-6-10-21(22)28-26(32)19-13-16-8-4-5-9-18(16)23(24(19)31)30-29-17-12-15(2)25(20(27)14-17)37(33,34)35/h4-14,31H,3H2,1-2H3,(H,28,32)(H,33,34,35). The predicted molar refractivity (Wildman–Crippen MR) is 141 cm³/mol. The lowest BCUT2D eigenvalue weighted by Gasteiger charge is -2.13. The molecule has 0 saturated heterocycles. The van der Waals surface area contributed by atoms with Gasteiger partial charge in [0.05, 0.1) is 28.6 Å². The first kappa shape index (κ1) is 26.1. The highest BCUT2D eigenvalue weighted by atomic mass is 35.5. The molecule has 0 aliphatic rings. The summed E-state index contributed by atoms with van der Waals surface area (Å²) in [5, 5.41) is 23.0. The zero-order valence-corrected chi connectivity index (χ0v) is 21.3. The molecule has 4 rings (SSSR count). The molecule has 1 amide bonds. The molecule has 11 heteroatoms. The van der Waals surface area contributed by atoms with Crippen molar-refractivity contribution < 1.29 is 27.6 Å². The summed E-state index contributed by atoms with van der Waals surface area (Å²) in [6, 6.07) is 18.1. The van der Waals surface area contributed by atoms with Crippen LogP contribution in [0.4, 0.5) is 17.1 Å². The number of ether oxygens (including phenoxy) is 1. The summed E-state index contributed by atoms with van der Waals surface area (Å²) in [5.74, 6) is -0.492. The molecular formula is C26H22ClN3O6S. The number of carbonyl (C=O) groups excluding carboxylic acids is 1. The van der Waals surface area contributed by atoms with Crippen molar-refractivity contribution in [3.05, 3.63) is 82.9 Å². The number of amides is 1. The first-order valence-electron chi connectivity index (χ1n) is 11.1. The highest BCUT2D eigenvalue weighted by Gasteiger charge is 2.21. The third-order valence-electron chi connectivity index (χ3n) is 5.41. The number of rotatable bonds is 7. The second-order valence-electron chi connectivity index (χ2n) is 7.97. The van der Waals surface area contributed by atoms with Crippen molar-refractivity contribution in [2.75, 3.05) is 11.9 Å². The number of hydrogen-bond donors (Lipinski definition) is 3. The number of anilines is 1. The number of aromatic hydroxyl groups is 1. The van der Waals surface area contributed by atoms with Crippen LogP contribution < -0.4 is 10.1 Å². The van der Waals surface area contributed by atoms with Crippen LogP contribution in [0.25, 0.3) is 10.8 Å². The number of halogens is 1. The zero-order valence-electron chi connectivity index (χ0n) is 19.8. The van der Waals surface area contributed by atoms with Crippen molar-refractivity contribution in [3.63, 3.8) is 0 Å². The molecule has 4 aromatic carbocycles. The van der Waals surface area contributed by atoms with E-state index in [0.29, 0.717) is 28.8 Å². The zero-order chi connectivity index (χ0) is 26.7. The third-order valence-corrected chi connectivity index (χ3v) is 6.88. The Bertz CT molecular complexity index is 1630. The van der Waals surface area contributed by atoms with Gasteiger partial charge in [-0.2, -0.15) is 13.5 Å². The second kappa shape index (κ2) is 10.6. The van der Waals surface area contributed by atoms with E-state index in [9.17, 15) is 22.9 Å². The largest absolute Gasteiger partial charge is 0.505 e. The summed E-state index contributed by atoms with van der Waals surface area (Å²) in [5.41, 5.74) is 0.788. The van der Waals surface area contributed by atoms with Crippen molar-refractivity contribution in [2.24, 2.45) is 10.2 Å². The molecule has 0 heterocycles. The number of azo groups is 1. The topological polar surface area (TPSA) is 138 Å². The maximum Gasteiger partial charge on any atom is 0.296 e. The van der Waals surface area contributed by atoms with Gasteiger partial charge in [0.2, 0.25) is 0 Å². The Labute approximate surface area is 218 Å². The average Bonchev–Trinajstić information content (AvgIpc) is 2.83. The van der Waals surface area contributed by atoms with Gasteiger partial charge in [0.15, 0.2) is 5.75 Å². The third kappa shape index (κ3) is 5.56. The fraction of sp³-hybridized carbons (Fsp3) is 0.115. The maximum atomic E-state index is 13.2. The molecule has 0 fully saturated rings. The molecule has 0 spiro atoms. The minimum Gasteiger partial charge on any atom is -0.505 e. The molecule has 3 N–H and O–H groups in total. The Morgan fingerprint density at radius 2 is 1.76 bits per heavy atom. The quantitative estimate of drug-likeness (QED) is 0.174. The molecule has 0 radical (unpaired) electrons. The smallest absolute Gasteiger partial charge is 0.296 e. The highest BCUT2D eigenvalue weighted by molar-refractivity contribution is 7.86. The van der Waals surface area contributed by atoms with E-state index in [2.05, 4.69) is 15.5 Å². The fourth-order valence-electron chi connectivity index (χ4n) is 3.84. The number of fused-ring (bicyclic) bond motifs is 1. The number of phenols is 1. The van der Waals surface area contributed by atoms with Crippen LogP contribution in [-0.4, -0.2) is 30.6 Å². The van der Waals surface area contributed by atoms with E-state index in [-0.39, 0.29) is 27.5 Å².